The zero-order chi connectivity index (χ0) is 16.2. The average molecular weight is 314 g/mol. The van der Waals surface area contributed by atoms with Crippen LogP contribution >= 0.6 is 0 Å². The van der Waals surface area contributed by atoms with E-state index < -0.39 is 24.5 Å². The van der Waals surface area contributed by atoms with E-state index in [-0.39, 0.29) is 12.1 Å². The predicted molar refractivity (Wildman–Crippen MR) is 79.4 cm³/mol. The van der Waals surface area contributed by atoms with Crippen LogP contribution in [0.5, 0.6) is 0 Å². The minimum absolute atomic E-state index is 0.231. The summed E-state index contributed by atoms with van der Waals surface area (Å²) in [6, 6.07) is 8.70. The molecule has 1 fully saturated rings. The van der Waals surface area contributed by atoms with Gasteiger partial charge in [-0.3, -0.25) is 14.8 Å². The Morgan fingerprint density at radius 1 is 1.26 bits per heavy atom. The van der Waals surface area contributed by atoms with Gasteiger partial charge in [-0.1, -0.05) is 30.3 Å². The summed E-state index contributed by atoms with van der Waals surface area (Å²) in [5.74, 6) is -1.23. The molecule has 1 aliphatic rings. The van der Waals surface area contributed by atoms with E-state index in [1.54, 1.807) is 0 Å². The molecule has 0 unspecified atom stereocenters. The summed E-state index contributed by atoms with van der Waals surface area (Å²) >= 11 is 0. The second-order valence-electron chi connectivity index (χ2n) is 4.88. The van der Waals surface area contributed by atoms with Crippen molar-refractivity contribution in [2.75, 3.05) is 19.7 Å². The van der Waals surface area contributed by atoms with Gasteiger partial charge in [-0.05, 0) is 0 Å². The number of nitrogens with one attached hydrogen (secondary N) is 2. The third-order valence-electron chi connectivity index (χ3n) is 3.41. The highest BCUT2D eigenvalue weighted by Gasteiger charge is 2.27. The molecule has 1 aliphatic heterocycles. The Morgan fingerprint density at radius 3 is 2.74 bits per heavy atom. The van der Waals surface area contributed by atoms with Gasteiger partial charge >= 0.3 is 12.0 Å². The fourth-order valence-electron chi connectivity index (χ4n) is 2.26. The molecule has 1 aromatic carbocycles. The van der Waals surface area contributed by atoms with Gasteiger partial charge in [0.2, 0.25) is 0 Å². The number of urea groups is 1. The SMILES string of the molecule is O=C(OCC(=O)N1CCNC1=O)c1cn[nH]c1-c1ccccc1. The Kier molecular flexibility index (Phi) is 4.05. The van der Waals surface area contributed by atoms with Gasteiger partial charge in [0.15, 0.2) is 6.61 Å². The van der Waals surface area contributed by atoms with Crippen LogP contribution in [0.3, 0.4) is 0 Å². The first-order valence-electron chi connectivity index (χ1n) is 7.01. The lowest BCUT2D eigenvalue weighted by Gasteiger charge is -2.12. The summed E-state index contributed by atoms with van der Waals surface area (Å²) in [5, 5.41) is 9.10. The van der Waals surface area contributed by atoms with Crippen molar-refractivity contribution in [1.82, 2.24) is 20.4 Å². The number of aromatic nitrogens is 2. The standard InChI is InChI=1S/C15H14N4O4/c20-12(19-7-6-16-15(19)22)9-23-14(21)11-8-17-18-13(11)10-4-2-1-3-5-10/h1-5,8H,6-7,9H2,(H,16,22)(H,17,18). The number of aromatic amines is 1. The topological polar surface area (TPSA) is 104 Å². The molecule has 0 bridgehead atoms. The van der Waals surface area contributed by atoms with Crippen molar-refractivity contribution in [2.24, 2.45) is 0 Å². The average Bonchev–Trinajstić information content (AvgIpc) is 3.22. The Balaban J connectivity index is 1.67. The highest BCUT2D eigenvalue weighted by Crippen LogP contribution is 2.21. The van der Waals surface area contributed by atoms with Crippen LogP contribution in [0.2, 0.25) is 0 Å². The monoisotopic (exact) mass is 314 g/mol. The minimum Gasteiger partial charge on any atom is -0.452 e. The third kappa shape index (κ3) is 3.05. The number of hydrogen-bond donors (Lipinski definition) is 2. The summed E-state index contributed by atoms with van der Waals surface area (Å²) in [6.07, 6.45) is 1.34. The minimum atomic E-state index is -0.675. The van der Waals surface area contributed by atoms with E-state index in [1.807, 2.05) is 30.3 Å². The quantitative estimate of drug-likeness (QED) is 0.812. The first kappa shape index (κ1) is 14.8. The van der Waals surface area contributed by atoms with Crippen LogP contribution in [0.1, 0.15) is 10.4 Å². The summed E-state index contributed by atoms with van der Waals surface area (Å²) in [6.45, 7) is 0.181. The second-order valence-corrected chi connectivity index (χ2v) is 4.88. The van der Waals surface area contributed by atoms with Gasteiger partial charge < -0.3 is 10.1 Å². The van der Waals surface area contributed by atoms with Crippen molar-refractivity contribution in [1.29, 1.82) is 0 Å². The molecular formula is C15H14N4O4. The van der Waals surface area contributed by atoms with Crippen molar-refractivity contribution in [2.45, 2.75) is 0 Å². The lowest BCUT2D eigenvalue weighted by molar-refractivity contribution is -0.130. The van der Waals surface area contributed by atoms with Crippen molar-refractivity contribution >= 4 is 17.9 Å². The predicted octanol–water partition coefficient (Wildman–Crippen LogP) is 0.785. The maximum absolute atomic E-state index is 12.1. The maximum Gasteiger partial charge on any atom is 0.342 e. The van der Waals surface area contributed by atoms with E-state index >= 15 is 0 Å². The molecule has 0 aliphatic carbocycles. The Morgan fingerprint density at radius 2 is 2.04 bits per heavy atom. The molecule has 23 heavy (non-hydrogen) atoms. The van der Waals surface area contributed by atoms with Crippen molar-refractivity contribution in [3.05, 3.63) is 42.1 Å². The highest BCUT2D eigenvalue weighted by atomic mass is 16.5. The smallest absolute Gasteiger partial charge is 0.342 e. The molecule has 0 spiro atoms. The van der Waals surface area contributed by atoms with Crippen LogP contribution in [0.15, 0.2) is 36.5 Å². The molecule has 118 valence electrons. The first-order valence-corrected chi connectivity index (χ1v) is 7.01. The second kappa shape index (κ2) is 6.30. The summed E-state index contributed by atoms with van der Waals surface area (Å²) in [7, 11) is 0. The summed E-state index contributed by atoms with van der Waals surface area (Å²) in [4.78, 5) is 36.4. The molecule has 2 aromatic rings. The number of amides is 3. The number of esters is 1. The number of carbonyl (C=O) groups is 3. The molecule has 2 heterocycles. The Bertz CT molecular complexity index is 741. The number of benzene rings is 1. The van der Waals surface area contributed by atoms with Gasteiger partial charge in [-0.15, -0.1) is 0 Å². The molecule has 2 N–H and O–H groups in total. The van der Waals surface area contributed by atoms with Gasteiger partial charge in [0.1, 0.15) is 5.56 Å². The first-order chi connectivity index (χ1) is 11.2. The highest BCUT2D eigenvalue weighted by molar-refractivity contribution is 5.99. The maximum atomic E-state index is 12.1. The zero-order valence-electron chi connectivity index (χ0n) is 12.1. The van der Waals surface area contributed by atoms with Crippen LogP contribution < -0.4 is 5.32 Å². The van der Waals surface area contributed by atoms with Crippen molar-refractivity contribution in [3.8, 4) is 11.3 Å². The molecule has 8 heteroatoms. The van der Waals surface area contributed by atoms with Crippen LogP contribution in [-0.2, 0) is 9.53 Å². The number of hydrogen-bond acceptors (Lipinski definition) is 5. The van der Waals surface area contributed by atoms with E-state index in [9.17, 15) is 14.4 Å². The van der Waals surface area contributed by atoms with Gasteiger partial charge in [0.05, 0.1) is 11.9 Å². The van der Waals surface area contributed by atoms with Gasteiger partial charge in [-0.25, -0.2) is 9.59 Å². The van der Waals surface area contributed by atoms with Crippen molar-refractivity contribution < 1.29 is 19.1 Å². The van der Waals surface area contributed by atoms with Crippen LogP contribution in [0.4, 0.5) is 4.79 Å². The largest absolute Gasteiger partial charge is 0.452 e. The Hall–Kier alpha value is -3.16. The van der Waals surface area contributed by atoms with Crippen LogP contribution in [-0.4, -0.2) is 52.7 Å². The number of H-pyrrole nitrogens is 1. The van der Waals surface area contributed by atoms with Gasteiger partial charge in [-0.2, -0.15) is 5.10 Å². The van der Waals surface area contributed by atoms with Crippen LogP contribution in [0, 0.1) is 0 Å². The van der Waals surface area contributed by atoms with E-state index in [0.29, 0.717) is 12.2 Å². The third-order valence-corrected chi connectivity index (χ3v) is 3.41. The molecule has 3 rings (SSSR count). The molecule has 0 atom stereocenters. The normalized spacial score (nSPS) is 13.7. The van der Waals surface area contributed by atoms with E-state index in [2.05, 4.69) is 15.5 Å². The summed E-state index contributed by atoms with van der Waals surface area (Å²) < 4.78 is 5.00. The molecule has 1 aromatic heterocycles. The van der Waals surface area contributed by atoms with Crippen molar-refractivity contribution in [3.63, 3.8) is 0 Å². The van der Waals surface area contributed by atoms with E-state index in [4.69, 9.17) is 4.74 Å². The zero-order valence-corrected chi connectivity index (χ0v) is 12.1. The molecule has 1 saturated heterocycles. The van der Waals surface area contributed by atoms with Gasteiger partial charge in [0, 0.05) is 18.7 Å². The molecule has 8 nitrogen and oxygen atoms in total. The molecular weight excluding hydrogens is 300 g/mol. The summed E-state index contributed by atoms with van der Waals surface area (Å²) in [5.41, 5.74) is 1.53. The van der Waals surface area contributed by atoms with Crippen LogP contribution in [0.25, 0.3) is 11.3 Å². The number of carbonyl (C=O) groups excluding carboxylic acids is 3. The van der Waals surface area contributed by atoms with E-state index in [0.717, 1.165) is 10.5 Å². The fourth-order valence-corrected chi connectivity index (χ4v) is 2.26. The van der Waals surface area contributed by atoms with E-state index in [1.165, 1.54) is 6.20 Å². The number of ether oxygens (including phenoxy) is 1. The number of nitrogens with zero attached hydrogens (tertiary/aromatic N) is 2. The molecule has 0 saturated carbocycles. The lowest BCUT2D eigenvalue weighted by atomic mass is 10.1. The Labute approximate surface area is 131 Å². The number of imide groups is 1. The fraction of sp³-hybridized carbons (Fsp3) is 0.200. The van der Waals surface area contributed by atoms with Gasteiger partial charge in [0.25, 0.3) is 5.91 Å². The molecule has 0 radical (unpaired) electrons. The molecule has 3 amide bonds. The number of rotatable bonds is 4. The lowest BCUT2D eigenvalue weighted by Crippen LogP contribution is -2.37.